The molecule has 0 aromatic carbocycles. The molecule has 2 N–H and O–H groups in total. The van der Waals surface area contributed by atoms with E-state index in [0.29, 0.717) is 11.3 Å². The molecule has 0 radical (unpaired) electrons. The minimum atomic E-state index is -1.02. The van der Waals surface area contributed by atoms with Gasteiger partial charge in [0.2, 0.25) is 0 Å². The second-order valence-corrected chi connectivity index (χ2v) is 5.88. The highest BCUT2D eigenvalue weighted by atomic mass is 32.1. The van der Waals surface area contributed by atoms with Crippen LogP contribution in [-0.4, -0.2) is 28.0 Å². The first-order chi connectivity index (χ1) is 7.79. The highest BCUT2D eigenvalue weighted by Gasteiger charge is 2.26. The van der Waals surface area contributed by atoms with Crippen molar-refractivity contribution < 1.29 is 14.7 Å². The first-order valence-electron chi connectivity index (χ1n) is 5.22. The number of aliphatic carboxylic acids is 1. The highest BCUT2D eigenvalue weighted by Crippen LogP contribution is 2.21. The number of carbonyl (C=O) groups is 2. The molecule has 0 spiro atoms. The molecule has 0 fully saturated rings. The van der Waals surface area contributed by atoms with Crippen molar-refractivity contribution in [1.82, 2.24) is 10.3 Å². The summed E-state index contributed by atoms with van der Waals surface area (Å²) in [6.07, 6.45) is 1.81. The molecule has 1 atom stereocenters. The number of rotatable bonds is 4. The summed E-state index contributed by atoms with van der Waals surface area (Å²) in [5, 5.41) is 11.6. The fourth-order valence-electron chi connectivity index (χ4n) is 1.37. The molecule has 0 aliphatic carbocycles. The SMILES string of the molecule is CC(C)(C)CC(NC(=O)c1cncs1)C(=O)O. The first kappa shape index (κ1) is 13.6. The molecule has 1 rings (SSSR count). The van der Waals surface area contributed by atoms with Gasteiger partial charge in [-0.3, -0.25) is 9.78 Å². The van der Waals surface area contributed by atoms with Crippen LogP contribution in [0.4, 0.5) is 0 Å². The molecular weight excluding hydrogens is 240 g/mol. The summed E-state index contributed by atoms with van der Waals surface area (Å²) in [5.41, 5.74) is 1.37. The zero-order valence-electron chi connectivity index (χ0n) is 10.1. The zero-order valence-corrected chi connectivity index (χ0v) is 10.9. The molecule has 17 heavy (non-hydrogen) atoms. The topological polar surface area (TPSA) is 79.3 Å². The molecule has 5 nitrogen and oxygen atoms in total. The third kappa shape index (κ3) is 4.52. The normalized spacial score (nSPS) is 13.1. The van der Waals surface area contributed by atoms with Crippen molar-refractivity contribution in [3.05, 3.63) is 16.6 Å². The van der Waals surface area contributed by atoms with E-state index >= 15 is 0 Å². The molecule has 1 unspecified atom stereocenters. The summed E-state index contributed by atoms with van der Waals surface area (Å²) in [7, 11) is 0. The van der Waals surface area contributed by atoms with Gasteiger partial charge in [0.15, 0.2) is 0 Å². The van der Waals surface area contributed by atoms with Crippen molar-refractivity contribution in [2.75, 3.05) is 0 Å². The molecule has 1 aromatic rings. The number of amides is 1. The van der Waals surface area contributed by atoms with Crippen LogP contribution in [0.5, 0.6) is 0 Å². The van der Waals surface area contributed by atoms with Gasteiger partial charge in [-0.05, 0) is 11.8 Å². The largest absolute Gasteiger partial charge is 0.480 e. The van der Waals surface area contributed by atoms with Gasteiger partial charge in [0.05, 0.1) is 11.7 Å². The van der Waals surface area contributed by atoms with E-state index in [-0.39, 0.29) is 11.3 Å². The molecule has 0 saturated heterocycles. The van der Waals surface area contributed by atoms with Crippen LogP contribution in [-0.2, 0) is 4.79 Å². The van der Waals surface area contributed by atoms with Gasteiger partial charge in [0, 0.05) is 0 Å². The number of thiazole rings is 1. The van der Waals surface area contributed by atoms with Crippen molar-refractivity contribution in [2.24, 2.45) is 5.41 Å². The second-order valence-electron chi connectivity index (χ2n) is 4.99. The summed E-state index contributed by atoms with van der Waals surface area (Å²) in [6, 6.07) is -0.871. The Morgan fingerprint density at radius 1 is 1.53 bits per heavy atom. The van der Waals surface area contributed by atoms with Crippen LogP contribution in [0, 0.1) is 5.41 Å². The van der Waals surface area contributed by atoms with Gasteiger partial charge in [-0.25, -0.2) is 4.79 Å². The molecule has 94 valence electrons. The van der Waals surface area contributed by atoms with Gasteiger partial charge in [-0.2, -0.15) is 0 Å². The van der Waals surface area contributed by atoms with Gasteiger partial charge >= 0.3 is 5.97 Å². The Kier molecular flexibility index (Phi) is 4.22. The molecular formula is C11H16N2O3S. The predicted octanol–water partition coefficient (Wildman–Crippen LogP) is 1.76. The molecule has 6 heteroatoms. The Hall–Kier alpha value is -1.43. The van der Waals surface area contributed by atoms with E-state index in [9.17, 15) is 9.59 Å². The number of carbonyl (C=O) groups excluding carboxylic acids is 1. The van der Waals surface area contributed by atoms with Crippen LogP contribution < -0.4 is 5.32 Å². The molecule has 0 aliphatic rings. The minimum Gasteiger partial charge on any atom is -0.480 e. The number of carboxylic acids is 1. The first-order valence-corrected chi connectivity index (χ1v) is 6.10. The van der Waals surface area contributed by atoms with Crippen LogP contribution in [0.25, 0.3) is 0 Å². The van der Waals surface area contributed by atoms with Crippen molar-refractivity contribution in [1.29, 1.82) is 0 Å². The standard InChI is InChI=1S/C11H16N2O3S/c1-11(2,3)4-7(10(15)16)13-9(14)8-5-12-6-17-8/h5-7H,4H2,1-3H3,(H,13,14)(H,15,16). The van der Waals surface area contributed by atoms with Gasteiger partial charge < -0.3 is 10.4 Å². The van der Waals surface area contributed by atoms with E-state index in [0.717, 1.165) is 0 Å². The summed E-state index contributed by atoms with van der Waals surface area (Å²) >= 11 is 1.19. The van der Waals surface area contributed by atoms with Gasteiger partial charge in [-0.15, -0.1) is 11.3 Å². The van der Waals surface area contributed by atoms with E-state index < -0.39 is 12.0 Å². The molecule has 0 saturated carbocycles. The Morgan fingerprint density at radius 2 is 2.18 bits per heavy atom. The Bertz CT molecular complexity index is 395. The van der Waals surface area contributed by atoms with Crippen LogP contribution in [0.2, 0.25) is 0 Å². The predicted molar refractivity (Wildman–Crippen MR) is 65.1 cm³/mol. The van der Waals surface area contributed by atoms with Gasteiger partial charge in [-0.1, -0.05) is 20.8 Å². The Labute approximate surface area is 104 Å². The van der Waals surface area contributed by atoms with Crippen LogP contribution in [0.15, 0.2) is 11.7 Å². The van der Waals surface area contributed by atoms with Crippen molar-refractivity contribution >= 4 is 23.2 Å². The number of hydrogen-bond donors (Lipinski definition) is 2. The van der Waals surface area contributed by atoms with Gasteiger partial charge in [0.1, 0.15) is 10.9 Å². The number of carboxylic acid groups (broad SMARTS) is 1. The number of hydrogen-bond acceptors (Lipinski definition) is 4. The highest BCUT2D eigenvalue weighted by molar-refractivity contribution is 7.11. The fraction of sp³-hybridized carbons (Fsp3) is 0.545. The second kappa shape index (κ2) is 5.27. The van der Waals surface area contributed by atoms with Gasteiger partial charge in [0.25, 0.3) is 5.91 Å². The quantitative estimate of drug-likeness (QED) is 0.860. The lowest BCUT2D eigenvalue weighted by atomic mass is 9.88. The molecule has 0 aliphatic heterocycles. The van der Waals surface area contributed by atoms with E-state index in [4.69, 9.17) is 5.11 Å². The third-order valence-electron chi connectivity index (χ3n) is 2.08. The zero-order chi connectivity index (χ0) is 13.1. The minimum absolute atomic E-state index is 0.163. The van der Waals surface area contributed by atoms with Crippen LogP contribution in [0.3, 0.4) is 0 Å². The van der Waals surface area contributed by atoms with E-state index in [1.54, 1.807) is 0 Å². The van der Waals surface area contributed by atoms with E-state index in [2.05, 4.69) is 10.3 Å². The molecule has 1 amide bonds. The lowest BCUT2D eigenvalue weighted by Gasteiger charge is -2.23. The lowest BCUT2D eigenvalue weighted by Crippen LogP contribution is -2.42. The smallest absolute Gasteiger partial charge is 0.326 e. The third-order valence-corrected chi connectivity index (χ3v) is 2.85. The Balaban J connectivity index is 2.68. The maximum absolute atomic E-state index is 11.7. The van der Waals surface area contributed by atoms with Crippen molar-refractivity contribution in [3.63, 3.8) is 0 Å². The van der Waals surface area contributed by atoms with Crippen LogP contribution in [0.1, 0.15) is 36.9 Å². The molecule has 1 aromatic heterocycles. The van der Waals surface area contributed by atoms with E-state index in [1.807, 2.05) is 20.8 Å². The number of nitrogens with one attached hydrogen (secondary N) is 1. The maximum atomic E-state index is 11.7. The van der Waals surface area contributed by atoms with E-state index in [1.165, 1.54) is 23.0 Å². The summed E-state index contributed by atoms with van der Waals surface area (Å²) in [5.74, 6) is -1.40. The maximum Gasteiger partial charge on any atom is 0.326 e. The summed E-state index contributed by atoms with van der Waals surface area (Å²) < 4.78 is 0. The summed E-state index contributed by atoms with van der Waals surface area (Å²) in [6.45, 7) is 5.80. The average Bonchev–Trinajstić information content (AvgIpc) is 2.66. The number of aromatic nitrogens is 1. The fourth-order valence-corrected chi connectivity index (χ4v) is 1.89. The van der Waals surface area contributed by atoms with Crippen molar-refractivity contribution in [3.8, 4) is 0 Å². The summed E-state index contributed by atoms with van der Waals surface area (Å²) in [4.78, 5) is 27.0. The molecule has 1 heterocycles. The average molecular weight is 256 g/mol. The van der Waals surface area contributed by atoms with Crippen molar-refractivity contribution in [2.45, 2.75) is 33.2 Å². The Morgan fingerprint density at radius 3 is 2.59 bits per heavy atom. The number of nitrogens with zero attached hydrogens (tertiary/aromatic N) is 1. The lowest BCUT2D eigenvalue weighted by molar-refractivity contribution is -0.140. The molecule has 0 bridgehead atoms. The monoisotopic (exact) mass is 256 g/mol. The van der Waals surface area contributed by atoms with Crippen LogP contribution >= 0.6 is 11.3 Å².